The molecule has 0 aromatic heterocycles. The SMILES string of the molecule is F[B-](F)(F)F.N#[N+]c1ccc(N2CCCCCC2)c(Cl)c1. The standard InChI is InChI=1S/C12H15ClN3.BF4/c13-11-9-10(15-14)5-6-12(11)16-7-3-1-2-4-8-16;2-1(3,4)5/h5-6,9H,1-4,7-8H2;/q+1;-1. The third kappa shape index (κ3) is 7.18. The van der Waals surface area contributed by atoms with Gasteiger partial charge in [0.15, 0.2) is 4.98 Å². The summed E-state index contributed by atoms with van der Waals surface area (Å²) in [5.41, 5.74) is 1.56. The van der Waals surface area contributed by atoms with Gasteiger partial charge >= 0.3 is 12.9 Å². The van der Waals surface area contributed by atoms with Crippen molar-refractivity contribution in [2.45, 2.75) is 25.7 Å². The van der Waals surface area contributed by atoms with Crippen molar-refractivity contribution in [1.82, 2.24) is 0 Å². The summed E-state index contributed by atoms with van der Waals surface area (Å²) in [7, 11) is -6.00. The summed E-state index contributed by atoms with van der Waals surface area (Å²) < 4.78 is 39.0. The van der Waals surface area contributed by atoms with E-state index < -0.39 is 7.25 Å². The van der Waals surface area contributed by atoms with E-state index in [2.05, 4.69) is 9.88 Å². The fourth-order valence-corrected chi connectivity index (χ4v) is 2.42. The molecule has 1 aromatic rings. The second kappa shape index (κ2) is 8.08. The van der Waals surface area contributed by atoms with Crippen LogP contribution in [0.4, 0.5) is 28.6 Å². The summed E-state index contributed by atoms with van der Waals surface area (Å²) in [6.07, 6.45) is 5.06. The molecule has 1 aromatic carbocycles. The summed E-state index contributed by atoms with van der Waals surface area (Å²) in [5, 5.41) is 9.33. The Hall–Kier alpha value is -1.49. The van der Waals surface area contributed by atoms with E-state index in [-0.39, 0.29) is 0 Å². The second-order valence-corrected chi connectivity index (χ2v) is 5.04. The molecule has 0 unspecified atom stereocenters. The molecule has 3 nitrogen and oxygen atoms in total. The van der Waals surface area contributed by atoms with Gasteiger partial charge in [-0.25, -0.2) is 0 Å². The third-order valence-electron chi connectivity index (χ3n) is 2.99. The molecular formula is C12H15BClF4N3. The van der Waals surface area contributed by atoms with Gasteiger partial charge < -0.3 is 22.2 Å². The Labute approximate surface area is 125 Å². The Balaban J connectivity index is 0.000000383. The summed E-state index contributed by atoms with van der Waals surface area (Å²) in [5.74, 6) is 0. The molecule has 0 saturated carbocycles. The fourth-order valence-electron chi connectivity index (χ4n) is 2.13. The number of hydrogen-bond acceptors (Lipinski definition) is 2. The summed E-state index contributed by atoms with van der Waals surface area (Å²) >= 11 is 6.18. The van der Waals surface area contributed by atoms with Crippen LogP contribution in [0, 0.1) is 5.39 Å². The monoisotopic (exact) mass is 323 g/mol. The first-order valence-corrected chi connectivity index (χ1v) is 6.96. The molecule has 1 fully saturated rings. The predicted molar refractivity (Wildman–Crippen MR) is 77.1 cm³/mol. The maximum absolute atomic E-state index is 9.75. The highest BCUT2D eigenvalue weighted by Crippen LogP contribution is 2.31. The first-order valence-electron chi connectivity index (χ1n) is 6.58. The lowest BCUT2D eigenvalue weighted by molar-refractivity contribution is 0.368. The smallest absolute Gasteiger partial charge is 0.418 e. The van der Waals surface area contributed by atoms with Gasteiger partial charge in [-0.2, -0.15) is 0 Å². The molecule has 0 bridgehead atoms. The van der Waals surface area contributed by atoms with Crippen molar-refractivity contribution in [2.75, 3.05) is 18.0 Å². The average molecular weight is 324 g/mol. The first kappa shape index (κ1) is 17.6. The van der Waals surface area contributed by atoms with Gasteiger partial charge in [0, 0.05) is 19.2 Å². The molecule has 2 rings (SSSR count). The molecule has 1 saturated heterocycles. The average Bonchev–Trinajstić information content (AvgIpc) is 2.65. The minimum absolute atomic E-state index is 0.503. The molecule has 0 aliphatic carbocycles. The number of nitrogens with zero attached hydrogens (tertiary/aromatic N) is 3. The minimum Gasteiger partial charge on any atom is -0.418 e. The molecule has 0 spiro atoms. The number of hydrogen-bond donors (Lipinski definition) is 0. The summed E-state index contributed by atoms with van der Waals surface area (Å²) in [4.78, 5) is 5.45. The molecule has 21 heavy (non-hydrogen) atoms. The largest absolute Gasteiger partial charge is 0.673 e. The van der Waals surface area contributed by atoms with Crippen molar-refractivity contribution in [1.29, 1.82) is 5.39 Å². The number of anilines is 1. The lowest BCUT2D eigenvalue weighted by Crippen LogP contribution is -2.23. The first-order chi connectivity index (χ1) is 9.81. The molecular weight excluding hydrogens is 308 g/mol. The van der Waals surface area contributed by atoms with Crippen LogP contribution < -0.4 is 4.90 Å². The van der Waals surface area contributed by atoms with Crippen molar-refractivity contribution in [3.63, 3.8) is 0 Å². The van der Waals surface area contributed by atoms with Gasteiger partial charge in [-0.15, -0.1) is 0 Å². The molecule has 116 valence electrons. The van der Waals surface area contributed by atoms with E-state index in [1.165, 1.54) is 25.7 Å². The van der Waals surface area contributed by atoms with Crippen LogP contribution in [0.1, 0.15) is 25.7 Å². The summed E-state index contributed by atoms with van der Waals surface area (Å²) in [6, 6.07) is 5.41. The lowest BCUT2D eigenvalue weighted by atomic mass is 10.2. The van der Waals surface area contributed by atoms with Gasteiger partial charge in [0.2, 0.25) is 5.39 Å². The van der Waals surface area contributed by atoms with Crippen molar-refractivity contribution in [2.24, 2.45) is 0 Å². The zero-order valence-electron chi connectivity index (χ0n) is 11.3. The normalized spacial score (nSPS) is 15.5. The molecule has 9 heteroatoms. The van der Waals surface area contributed by atoms with E-state index in [1.807, 2.05) is 6.07 Å². The van der Waals surface area contributed by atoms with Gasteiger partial charge in [0.1, 0.15) is 0 Å². The fraction of sp³-hybridized carbons (Fsp3) is 0.500. The van der Waals surface area contributed by atoms with Crippen molar-refractivity contribution >= 4 is 30.2 Å². The highest BCUT2D eigenvalue weighted by molar-refractivity contribution is 6.50. The van der Waals surface area contributed by atoms with Crippen molar-refractivity contribution < 1.29 is 17.3 Å². The summed E-state index contributed by atoms with van der Waals surface area (Å²) in [6.45, 7) is 2.13. The van der Waals surface area contributed by atoms with Gasteiger partial charge in [0.05, 0.1) is 16.8 Å². The molecule has 0 atom stereocenters. The van der Waals surface area contributed by atoms with Crippen molar-refractivity contribution in [3.8, 4) is 0 Å². The van der Waals surface area contributed by atoms with E-state index in [0.717, 1.165) is 18.8 Å². The third-order valence-corrected chi connectivity index (χ3v) is 3.30. The number of benzene rings is 1. The van der Waals surface area contributed by atoms with E-state index in [0.29, 0.717) is 10.7 Å². The van der Waals surface area contributed by atoms with Crippen LogP contribution in [0.15, 0.2) is 18.2 Å². The van der Waals surface area contributed by atoms with Crippen LogP contribution in [0.25, 0.3) is 4.98 Å². The van der Waals surface area contributed by atoms with Gasteiger partial charge in [-0.05, 0) is 18.9 Å². The zero-order chi connectivity index (χ0) is 15.9. The highest BCUT2D eigenvalue weighted by Gasteiger charge is 2.20. The van der Waals surface area contributed by atoms with Crippen LogP contribution in [0.3, 0.4) is 0 Å². The topological polar surface area (TPSA) is 31.4 Å². The Morgan fingerprint density at radius 3 is 2.00 bits per heavy atom. The Morgan fingerprint density at radius 1 is 1.05 bits per heavy atom. The molecule has 1 heterocycles. The van der Waals surface area contributed by atoms with Gasteiger partial charge in [-0.1, -0.05) is 24.4 Å². The Morgan fingerprint density at radius 2 is 1.57 bits per heavy atom. The lowest BCUT2D eigenvalue weighted by Gasteiger charge is -2.23. The Bertz CT molecular complexity index is 490. The van der Waals surface area contributed by atoms with E-state index >= 15 is 0 Å². The van der Waals surface area contributed by atoms with Crippen molar-refractivity contribution in [3.05, 3.63) is 28.2 Å². The van der Waals surface area contributed by atoms with E-state index in [1.54, 1.807) is 12.1 Å². The maximum Gasteiger partial charge on any atom is 0.673 e. The highest BCUT2D eigenvalue weighted by atomic mass is 35.5. The minimum atomic E-state index is -6.00. The number of halogens is 5. The molecule has 0 amide bonds. The second-order valence-electron chi connectivity index (χ2n) is 4.63. The van der Waals surface area contributed by atoms with Crippen LogP contribution >= 0.6 is 11.6 Å². The van der Waals surface area contributed by atoms with Crippen LogP contribution in [-0.2, 0) is 0 Å². The Kier molecular flexibility index (Phi) is 6.76. The van der Waals surface area contributed by atoms with Crippen LogP contribution in [-0.4, -0.2) is 20.3 Å². The van der Waals surface area contributed by atoms with Crippen LogP contribution in [0.2, 0.25) is 5.02 Å². The quantitative estimate of drug-likeness (QED) is 0.388. The van der Waals surface area contributed by atoms with Crippen LogP contribution in [0.5, 0.6) is 0 Å². The number of diazo groups is 1. The molecule has 1 aliphatic rings. The number of rotatable bonds is 1. The van der Waals surface area contributed by atoms with Gasteiger partial charge in [-0.3, -0.25) is 0 Å². The zero-order valence-corrected chi connectivity index (χ0v) is 12.0. The molecule has 0 radical (unpaired) electrons. The molecule has 0 N–H and O–H groups in total. The predicted octanol–water partition coefficient (Wildman–Crippen LogP) is 5.50. The van der Waals surface area contributed by atoms with E-state index in [9.17, 15) is 17.3 Å². The maximum atomic E-state index is 9.75. The molecule has 1 aliphatic heterocycles. The van der Waals surface area contributed by atoms with Gasteiger partial charge in [0.25, 0.3) is 0 Å². The van der Waals surface area contributed by atoms with E-state index in [4.69, 9.17) is 17.0 Å².